The van der Waals surface area contributed by atoms with Gasteiger partial charge in [-0.25, -0.2) is 14.4 Å². The van der Waals surface area contributed by atoms with Crippen LogP contribution < -0.4 is 16.1 Å². The molecule has 2 heterocycles. The van der Waals surface area contributed by atoms with Gasteiger partial charge in [0, 0.05) is 32.7 Å². The number of carbonyl (C=O) groups is 3. The molecule has 0 aliphatic carbocycles. The van der Waals surface area contributed by atoms with Crippen molar-refractivity contribution in [1.82, 2.24) is 25.7 Å². The van der Waals surface area contributed by atoms with E-state index in [1.165, 1.54) is 30.4 Å². The first-order chi connectivity index (χ1) is 15.2. The van der Waals surface area contributed by atoms with Crippen molar-refractivity contribution < 1.29 is 23.9 Å². The van der Waals surface area contributed by atoms with Crippen LogP contribution in [0.2, 0.25) is 0 Å². The average molecular weight is 440 g/mol. The largest absolute Gasteiger partial charge is 0.504 e. The molecule has 32 heavy (non-hydrogen) atoms. The molecule has 166 valence electrons. The molecule has 3 aromatic rings. The number of hydrazine groups is 1. The molecule has 2 aromatic heterocycles. The lowest BCUT2D eigenvalue weighted by molar-refractivity contribution is -0.135. The van der Waals surface area contributed by atoms with Gasteiger partial charge in [-0.2, -0.15) is 0 Å². The second-order valence-electron chi connectivity index (χ2n) is 7.07. The number of pyridine rings is 2. The summed E-state index contributed by atoms with van der Waals surface area (Å²) >= 11 is 0. The number of aromatic hydroxyl groups is 1. The number of hydrogen-bond donors (Lipinski definition) is 4. The number of halogens is 1. The molecule has 0 unspecified atom stereocenters. The first-order valence-electron chi connectivity index (χ1n) is 9.47. The van der Waals surface area contributed by atoms with E-state index < -0.39 is 23.5 Å². The molecular formula is C21H21FN6O4. The highest BCUT2D eigenvalue weighted by atomic mass is 19.1. The number of rotatable bonds is 5. The third kappa shape index (κ3) is 4.95. The molecule has 4 N–H and O–H groups in total. The summed E-state index contributed by atoms with van der Waals surface area (Å²) < 4.78 is 13.2. The van der Waals surface area contributed by atoms with Crippen molar-refractivity contribution in [2.45, 2.75) is 6.42 Å². The van der Waals surface area contributed by atoms with Gasteiger partial charge in [0.25, 0.3) is 5.91 Å². The van der Waals surface area contributed by atoms with Crippen molar-refractivity contribution in [2.75, 3.05) is 26.5 Å². The Hall–Kier alpha value is -4.12. The van der Waals surface area contributed by atoms with Gasteiger partial charge in [-0.05, 0) is 35.7 Å². The molecular weight excluding hydrogens is 419 g/mol. The summed E-state index contributed by atoms with van der Waals surface area (Å²) in [4.78, 5) is 44.6. The SMILES string of the molecule is CNC(=O)C(=O)Nc1nc(C(=O)NN(C)C)c(O)c2ncc(Cc3ccc(F)cc3)cc12. The smallest absolute Gasteiger partial charge is 0.314 e. The molecule has 0 aliphatic rings. The summed E-state index contributed by atoms with van der Waals surface area (Å²) in [6, 6.07) is 7.53. The van der Waals surface area contributed by atoms with Crippen LogP contribution in [0.5, 0.6) is 5.75 Å². The van der Waals surface area contributed by atoms with Gasteiger partial charge < -0.3 is 15.7 Å². The summed E-state index contributed by atoms with van der Waals surface area (Å²) in [6.07, 6.45) is 1.87. The molecule has 0 saturated carbocycles. The third-order valence-corrected chi connectivity index (χ3v) is 4.40. The topological polar surface area (TPSA) is 137 Å². The van der Waals surface area contributed by atoms with E-state index in [0.29, 0.717) is 12.0 Å². The number of carbonyl (C=O) groups excluding carboxylic acids is 3. The zero-order valence-electron chi connectivity index (χ0n) is 17.6. The average Bonchev–Trinajstić information content (AvgIpc) is 2.76. The Labute approximate surface area is 182 Å². The van der Waals surface area contributed by atoms with Crippen LogP contribution in [0.25, 0.3) is 10.9 Å². The number of fused-ring (bicyclic) bond motifs is 1. The normalized spacial score (nSPS) is 10.8. The Kier molecular flexibility index (Phi) is 6.59. The third-order valence-electron chi connectivity index (χ3n) is 4.40. The minimum Gasteiger partial charge on any atom is -0.504 e. The van der Waals surface area contributed by atoms with Crippen LogP contribution >= 0.6 is 0 Å². The second-order valence-corrected chi connectivity index (χ2v) is 7.07. The molecule has 0 saturated heterocycles. The summed E-state index contributed by atoms with van der Waals surface area (Å²) in [7, 11) is 4.44. The van der Waals surface area contributed by atoms with Gasteiger partial charge in [0.15, 0.2) is 11.4 Å². The number of nitrogens with zero attached hydrogens (tertiary/aromatic N) is 3. The minimum atomic E-state index is -1.00. The first kappa shape index (κ1) is 22.6. The lowest BCUT2D eigenvalue weighted by Crippen LogP contribution is -2.37. The highest BCUT2D eigenvalue weighted by molar-refractivity contribution is 6.40. The van der Waals surface area contributed by atoms with Gasteiger partial charge in [-0.3, -0.25) is 24.8 Å². The van der Waals surface area contributed by atoms with Crippen molar-refractivity contribution in [3.63, 3.8) is 0 Å². The Bertz CT molecular complexity index is 1200. The molecule has 1 aromatic carbocycles. The molecule has 3 amide bonds. The molecule has 0 spiro atoms. The number of aromatic nitrogens is 2. The number of anilines is 1. The maximum Gasteiger partial charge on any atom is 0.314 e. The van der Waals surface area contributed by atoms with E-state index in [9.17, 15) is 23.9 Å². The Balaban J connectivity index is 2.10. The lowest BCUT2D eigenvalue weighted by atomic mass is 10.0. The van der Waals surface area contributed by atoms with Gasteiger partial charge in [0.05, 0.1) is 0 Å². The number of amides is 3. The first-order valence-corrected chi connectivity index (χ1v) is 9.47. The van der Waals surface area contributed by atoms with Crippen molar-refractivity contribution in [1.29, 1.82) is 0 Å². The van der Waals surface area contributed by atoms with Gasteiger partial charge in [-0.15, -0.1) is 0 Å². The van der Waals surface area contributed by atoms with Crippen LogP contribution in [0.15, 0.2) is 36.5 Å². The summed E-state index contributed by atoms with van der Waals surface area (Å²) in [5.74, 6) is -3.61. The molecule has 0 bridgehead atoms. The number of likely N-dealkylation sites (N-methyl/N-ethyl adjacent to an activating group) is 1. The minimum absolute atomic E-state index is 0.0129. The summed E-state index contributed by atoms with van der Waals surface area (Å²) in [5, 5.41) is 16.7. The van der Waals surface area contributed by atoms with Crippen molar-refractivity contribution in [3.8, 4) is 5.75 Å². The van der Waals surface area contributed by atoms with Crippen LogP contribution in [-0.2, 0) is 16.0 Å². The number of benzene rings is 1. The Morgan fingerprint density at radius 1 is 1.09 bits per heavy atom. The van der Waals surface area contributed by atoms with Crippen molar-refractivity contribution in [3.05, 3.63) is 59.2 Å². The van der Waals surface area contributed by atoms with Crippen molar-refractivity contribution in [2.24, 2.45) is 0 Å². The quantitative estimate of drug-likeness (QED) is 0.343. The summed E-state index contributed by atoms with van der Waals surface area (Å²) in [6.45, 7) is 0. The second kappa shape index (κ2) is 9.35. The van der Waals surface area contributed by atoms with Crippen LogP contribution in [-0.4, -0.2) is 58.9 Å². The van der Waals surface area contributed by atoms with E-state index >= 15 is 0 Å². The fraction of sp³-hybridized carbons (Fsp3) is 0.190. The van der Waals surface area contributed by atoms with E-state index in [0.717, 1.165) is 5.56 Å². The van der Waals surface area contributed by atoms with Crippen LogP contribution in [0.4, 0.5) is 10.2 Å². The monoisotopic (exact) mass is 440 g/mol. The fourth-order valence-corrected chi connectivity index (χ4v) is 2.94. The predicted molar refractivity (Wildman–Crippen MR) is 114 cm³/mol. The highest BCUT2D eigenvalue weighted by Crippen LogP contribution is 2.32. The van der Waals surface area contributed by atoms with E-state index in [2.05, 4.69) is 26.0 Å². The predicted octanol–water partition coefficient (Wildman–Crippen LogP) is 0.956. The molecule has 10 nitrogen and oxygen atoms in total. The number of hydrogen-bond acceptors (Lipinski definition) is 7. The molecule has 0 fully saturated rings. The van der Waals surface area contributed by atoms with E-state index in [1.54, 1.807) is 32.3 Å². The van der Waals surface area contributed by atoms with Crippen LogP contribution in [0.3, 0.4) is 0 Å². The van der Waals surface area contributed by atoms with Gasteiger partial charge in [0.1, 0.15) is 17.2 Å². The van der Waals surface area contributed by atoms with Gasteiger partial charge in [-0.1, -0.05) is 12.1 Å². The molecule has 3 rings (SSSR count). The number of nitrogens with one attached hydrogen (secondary N) is 3. The maximum atomic E-state index is 13.2. The van der Waals surface area contributed by atoms with Gasteiger partial charge in [0.2, 0.25) is 0 Å². The highest BCUT2D eigenvalue weighted by Gasteiger charge is 2.23. The maximum absolute atomic E-state index is 13.2. The zero-order chi connectivity index (χ0) is 23.4. The Morgan fingerprint density at radius 3 is 2.41 bits per heavy atom. The lowest BCUT2D eigenvalue weighted by Gasteiger charge is -2.15. The van der Waals surface area contributed by atoms with Gasteiger partial charge >= 0.3 is 11.8 Å². The molecule has 11 heteroatoms. The van der Waals surface area contributed by atoms with Crippen molar-refractivity contribution >= 4 is 34.4 Å². The van der Waals surface area contributed by atoms with E-state index in [-0.39, 0.29) is 28.2 Å². The van der Waals surface area contributed by atoms with E-state index in [4.69, 9.17) is 0 Å². The van der Waals surface area contributed by atoms with E-state index in [1.807, 2.05) is 0 Å². The van der Waals surface area contributed by atoms with Crippen LogP contribution in [0, 0.1) is 5.82 Å². The molecule has 0 radical (unpaired) electrons. The molecule has 0 atom stereocenters. The fourth-order valence-electron chi connectivity index (χ4n) is 2.94. The van der Waals surface area contributed by atoms with Crippen LogP contribution in [0.1, 0.15) is 21.6 Å². The molecule has 0 aliphatic heterocycles. The zero-order valence-corrected chi connectivity index (χ0v) is 17.6. The summed E-state index contributed by atoms with van der Waals surface area (Å²) in [5.41, 5.74) is 3.56. The standard InChI is InChI=1S/C21H21FN6O4/c1-23-20(31)21(32)26-18-14-9-12(8-11-4-6-13(22)7-5-11)10-24-15(14)17(29)16(25-18)19(30)27-28(2)3/h4-7,9-10,29H,8H2,1-3H3,(H,23,31)(H,27,30)(H,25,26,32). The Morgan fingerprint density at radius 2 is 1.78 bits per heavy atom.